The van der Waals surface area contributed by atoms with Crippen LogP contribution in [-0.2, 0) is 20.8 Å². The van der Waals surface area contributed by atoms with E-state index in [-0.39, 0.29) is 24.4 Å². The van der Waals surface area contributed by atoms with E-state index >= 15 is 0 Å². The highest BCUT2D eigenvalue weighted by Gasteiger charge is 2.29. The number of hydrogen-bond acceptors (Lipinski definition) is 5. The van der Waals surface area contributed by atoms with Crippen LogP contribution >= 0.6 is 12.4 Å². The summed E-state index contributed by atoms with van der Waals surface area (Å²) >= 11 is 0. The minimum atomic E-state index is -0.393. The van der Waals surface area contributed by atoms with E-state index in [9.17, 15) is 4.79 Å². The van der Waals surface area contributed by atoms with Gasteiger partial charge in [-0.05, 0) is 31.4 Å². The Balaban J connectivity index is 0.00000312. The van der Waals surface area contributed by atoms with Crippen LogP contribution in [0.1, 0.15) is 30.4 Å². The summed E-state index contributed by atoms with van der Waals surface area (Å²) in [5.41, 5.74) is 7.66. The van der Waals surface area contributed by atoms with Crippen molar-refractivity contribution in [3.8, 4) is 5.75 Å². The first-order valence-corrected chi connectivity index (χ1v) is 8.48. The Bertz CT molecular complexity index is 542. The molecule has 0 radical (unpaired) electrons. The summed E-state index contributed by atoms with van der Waals surface area (Å²) in [4.78, 5) is 12.2. The van der Waals surface area contributed by atoms with Crippen LogP contribution in [-0.4, -0.2) is 45.0 Å². The van der Waals surface area contributed by atoms with Crippen molar-refractivity contribution in [2.75, 3.05) is 26.9 Å². The van der Waals surface area contributed by atoms with Crippen LogP contribution in [0.25, 0.3) is 0 Å². The lowest BCUT2D eigenvalue weighted by atomic mass is 10.1. The van der Waals surface area contributed by atoms with E-state index in [2.05, 4.69) is 5.32 Å². The van der Waals surface area contributed by atoms with Gasteiger partial charge >= 0.3 is 0 Å². The van der Waals surface area contributed by atoms with Gasteiger partial charge in [0.05, 0.1) is 12.7 Å². The Morgan fingerprint density at radius 3 is 2.84 bits per heavy atom. The van der Waals surface area contributed by atoms with Gasteiger partial charge in [0, 0.05) is 38.8 Å². The zero-order chi connectivity index (χ0) is 17.4. The summed E-state index contributed by atoms with van der Waals surface area (Å²) in [6.45, 7) is 4.15. The largest absolute Gasteiger partial charge is 0.493 e. The molecule has 0 spiro atoms. The van der Waals surface area contributed by atoms with Crippen LogP contribution in [0.3, 0.4) is 0 Å². The zero-order valence-corrected chi connectivity index (χ0v) is 15.8. The van der Waals surface area contributed by atoms with Crippen LogP contribution in [0, 0.1) is 6.92 Å². The Morgan fingerprint density at radius 2 is 2.16 bits per heavy atom. The highest BCUT2D eigenvalue weighted by molar-refractivity contribution is 5.85. The lowest BCUT2D eigenvalue weighted by molar-refractivity contribution is -0.132. The molecule has 1 fully saturated rings. The van der Waals surface area contributed by atoms with Crippen LogP contribution in [0.2, 0.25) is 0 Å². The third kappa shape index (κ3) is 6.82. The Labute approximate surface area is 155 Å². The molecule has 2 rings (SSSR count). The van der Waals surface area contributed by atoms with Crippen LogP contribution in [0.5, 0.6) is 5.75 Å². The number of ether oxygens (including phenoxy) is 3. The molecule has 1 saturated heterocycles. The molecule has 3 N–H and O–H groups in total. The van der Waals surface area contributed by atoms with Crippen molar-refractivity contribution in [1.82, 2.24) is 5.32 Å². The average Bonchev–Trinajstić information content (AvgIpc) is 3.07. The molecule has 0 aliphatic carbocycles. The number of nitrogens with two attached hydrogens (primary N) is 1. The second kappa shape index (κ2) is 11.3. The predicted octanol–water partition coefficient (Wildman–Crippen LogP) is 1.95. The highest BCUT2D eigenvalue weighted by atomic mass is 35.5. The molecule has 142 valence electrons. The molecule has 6 nitrogen and oxygen atoms in total. The minimum absolute atomic E-state index is 0. The van der Waals surface area contributed by atoms with Gasteiger partial charge in [0.2, 0.25) is 5.91 Å². The number of carbonyl (C=O) groups excluding carboxylic acids is 1. The Morgan fingerprint density at radius 1 is 1.36 bits per heavy atom. The molecule has 1 aromatic rings. The molecule has 0 saturated carbocycles. The van der Waals surface area contributed by atoms with Gasteiger partial charge < -0.3 is 25.3 Å². The summed E-state index contributed by atoms with van der Waals surface area (Å²) in [5.74, 6) is 0.718. The summed E-state index contributed by atoms with van der Waals surface area (Å²) in [6, 6.07) is 5.99. The fraction of sp³-hybridized carbons (Fsp3) is 0.611. The molecule has 7 heteroatoms. The van der Waals surface area contributed by atoms with Gasteiger partial charge in [0.15, 0.2) is 0 Å². The molecule has 0 bridgehead atoms. The van der Waals surface area contributed by atoms with E-state index in [1.54, 1.807) is 7.11 Å². The average molecular weight is 373 g/mol. The first kappa shape index (κ1) is 21.7. The van der Waals surface area contributed by atoms with Crippen molar-refractivity contribution in [2.45, 2.75) is 44.9 Å². The maximum absolute atomic E-state index is 12.2. The molecular formula is C18H29ClN2O4. The van der Waals surface area contributed by atoms with Crippen LogP contribution < -0.4 is 15.8 Å². The van der Waals surface area contributed by atoms with Crippen molar-refractivity contribution in [1.29, 1.82) is 0 Å². The van der Waals surface area contributed by atoms with Gasteiger partial charge in [-0.3, -0.25) is 4.79 Å². The summed E-state index contributed by atoms with van der Waals surface area (Å²) < 4.78 is 16.5. The second-order valence-electron chi connectivity index (χ2n) is 6.08. The maximum atomic E-state index is 12.2. The number of methoxy groups -OCH3 is 1. The molecule has 0 unspecified atom stereocenters. The van der Waals surface area contributed by atoms with Crippen LogP contribution in [0.15, 0.2) is 18.2 Å². The van der Waals surface area contributed by atoms with Crippen molar-refractivity contribution in [2.24, 2.45) is 5.73 Å². The molecule has 1 amide bonds. The number of carbonyl (C=O) groups is 1. The predicted molar refractivity (Wildman–Crippen MR) is 99.2 cm³/mol. The lowest BCUT2D eigenvalue weighted by Crippen LogP contribution is -2.35. The van der Waals surface area contributed by atoms with E-state index in [0.29, 0.717) is 26.3 Å². The SMILES string of the molecule is COCCCOc1cc(C)ccc1CNC(=O)[C@@H]1CC[C@H](CN)O1.Cl. The number of halogens is 1. The maximum Gasteiger partial charge on any atom is 0.249 e. The van der Waals surface area contributed by atoms with Gasteiger partial charge in [-0.15, -0.1) is 12.4 Å². The second-order valence-corrected chi connectivity index (χ2v) is 6.08. The van der Waals surface area contributed by atoms with E-state index in [4.69, 9.17) is 19.9 Å². The number of rotatable bonds is 9. The van der Waals surface area contributed by atoms with Gasteiger partial charge in [0.1, 0.15) is 11.9 Å². The first-order chi connectivity index (χ1) is 11.6. The smallest absolute Gasteiger partial charge is 0.249 e. The summed E-state index contributed by atoms with van der Waals surface area (Å²) in [6.07, 6.45) is 2.00. The van der Waals surface area contributed by atoms with E-state index in [1.807, 2.05) is 25.1 Å². The molecule has 25 heavy (non-hydrogen) atoms. The van der Waals surface area contributed by atoms with Crippen molar-refractivity contribution < 1.29 is 19.0 Å². The van der Waals surface area contributed by atoms with Crippen LogP contribution in [0.4, 0.5) is 0 Å². The minimum Gasteiger partial charge on any atom is -0.493 e. The van der Waals surface area contributed by atoms with E-state index in [1.165, 1.54) is 0 Å². The zero-order valence-electron chi connectivity index (χ0n) is 15.0. The molecule has 2 atom stereocenters. The lowest BCUT2D eigenvalue weighted by Gasteiger charge is -2.15. The highest BCUT2D eigenvalue weighted by Crippen LogP contribution is 2.22. The fourth-order valence-corrected chi connectivity index (χ4v) is 2.70. The number of benzene rings is 1. The fourth-order valence-electron chi connectivity index (χ4n) is 2.70. The quantitative estimate of drug-likeness (QED) is 0.647. The summed E-state index contributed by atoms with van der Waals surface area (Å²) in [5, 5.41) is 2.94. The monoisotopic (exact) mass is 372 g/mol. The van der Waals surface area contributed by atoms with Crippen molar-refractivity contribution in [3.05, 3.63) is 29.3 Å². The van der Waals surface area contributed by atoms with E-state index < -0.39 is 6.10 Å². The van der Waals surface area contributed by atoms with Crippen molar-refractivity contribution in [3.63, 3.8) is 0 Å². The third-order valence-corrected chi connectivity index (χ3v) is 4.09. The molecular weight excluding hydrogens is 344 g/mol. The van der Waals surface area contributed by atoms with Crippen molar-refractivity contribution >= 4 is 18.3 Å². The number of hydrogen-bond donors (Lipinski definition) is 2. The molecule has 1 aromatic carbocycles. The normalized spacial score (nSPS) is 19.3. The third-order valence-electron chi connectivity index (χ3n) is 4.09. The number of aryl methyl sites for hydroxylation is 1. The molecule has 1 aliphatic heterocycles. The Kier molecular flexibility index (Phi) is 9.82. The Hall–Kier alpha value is -1.34. The first-order valence-electron chi connectivity index (χ1n) is 8.48. The number of nitrogens with one attached hydrogen (secondary N) is 1. The van der Waals surface area contributed by atoms with Gasteiger partial charge in [0.25, 0.3) is 0 Å². The molecule has 0 aromatic heterocycles. The molecule has 1 aliphatic rings. The topological polar surface area (TPSA) is 82.8 Å². The van der Waals surface area contributed by atoms with E-state index in [0.717, 1.165) is 36.1 Å². The number of amides is 1. The summed E-state index contributed by atoms with van der Waals surface area (Å²) in [7, 11) is 1.67. The van der Waals surface area contributed by atoms with Gasteiger partial charge in [-0.2, -0.15) is 0 Å². The van der Waals surface area contributed by atoms with Gasteiger partial charge in [-0.25, -0.2) is 0 Å². The standard InChI is InChI=1S/C18H28N2O4.ClH/c1-13-4-5-14(17(10-13)23-9-3-8-22-2)12-20-18(21)16-7-6-15(11-19)24-16;/h4-5,10,15-16H,3,6-9,11-12,19H2,1-2H3,(H,20,21);1H/t15-,16+;/m1./s1. The molecule has 1 heterocycles. The van der Waals surface area contributed by atoms with Gasteiger partial charge in [-0.1, -0.05) is 12.1 Å².